The molecule has 0 radical (unpaired) electrons. The average Bonchev–Trinajstić information content (AvgIpc) is 3.36. The van der Waals surface area contributed by atoms with E-state index in [1.165, 1.54) is 0 Å². The number of likely N-dealkylation sites (tertiary alicyclic amines) is 1. The molecule has 22 heavy (non-hydrogen) atoms. The van der Waals surface area contributed by atoms with E-state index in [1.54, 1.807) is 12.0 Å². The summed E-state index contributed by atoms with van der Waals surface area (Å²) < 4.78 is 5.16. The van der Waals surface area contributed by atoms with Crippen molar-refractivity contribution < 1.29 is 19.7 Å². The number of nitrogens with zero attached hydrogens (tertiary/aromatic N) is 1. The van der Waals surface area contributed by atoms with Gasteiger partial charge in [0.05, 0.1) is 25.7 Å². The van der Waals surface area contributed by atoms with E-state index in [-0.39, 0.29) is 19.1 Å². The lowest BCUT2D eigenvalue weighted by atomic mass is 9.89. The maximum Gasteiger partial charge on any atom is 0.233 e. The minimum absolute atomic E-state index is 0.0734. The quantitative estimate of drug-likeness (QED) is 0.873. The largest absolute Gasteiger partial charge is 0.497 e. The topological polar surface area (TPSA) is 70.0 Å². The second kappa shape index (κ2) is 5.56. The van der Waals surface area contributed by atoms with Gasteiger partial charge in [0.15, 0.2) is 0 Å². The molecule has 0 unspecified atom stereocenters. The van der Waals surface area contributed by atoms with Crippen LogP contribution < -0.4 is 4.74 Å². The molecular weight excluding hydrogens is 282 g/mol. The number of aliphatic hydroxyl groups is 2. The van der Waals surface area contributed by atoms with Crippen molar-refractivity contribution in [2.24, 2.45) is 0 Å². The van der Waals surface area contributed by atoms with Gasteiger partial charge in [-0.1, -0.05) is 12.1 Å². The Balaban J connectivity index is 1.78. The van der Waals surface area contributed by atoms with Crippen LogP contribution in [0.25, 0.3) is 0 Å². The molecule has 2 aliphatic rings. The Labute approximate surface area is 130 Å². The number of piperidine rings is 1. The molecule has 0 spiro atoms. The van der Waals surface area contributed by atoms with Crippen LogP contribution in [-0.4, -0.2) is 53.4 Å². The fraction of sp³-hybridized carbons (Fsp3) is 0.588. The lowest BCUT2D eigenvalue weighted by Crippen LogP contribution is -2.54. The number of hydrogen-bond donors (Lipinski definition) is 2. The third-order valence-corrected chi connectivity index (χ3v) is 4.94. The molecule has 3 rings (SSSR count). The monoisotopic (exact) mass is 305 g/mol. The molecule has 120 valence electrons. The summed E-state index contributed by atoms with van der Waals surface area (Å²) in [5, 5.41) is 19.6. The van der Waals surface area contributed by atoms with Gasteiger partial charge in [-0.05, 0) is 43.4 Å². The second-order valence-corrected chi connectivity index (χ2v) is 6.52. The third kappa shape index (κ3) is 2.59. The summed E-state index contributed by atoms with van der Waals surface area (Å²) in [6, 6.07) is 7.66. The van der Waals surface area contributed by atoms with Crippen LogP contribution in [0.2, 0.25) is 0 Å². The zero-order chi connectivity index (χ0) is 15.8. The van der Waals surface area contributed by atoms with Gasteiger partial charge in [0.25, 0.3) is 0 Å². The van der Waals surface area contributed by atoms with Gasteiger partial charge >= 0.3 is 0 Å². The van der Waals surface area contributed by atoms with Crippen LogP contribution in [0, 0.1) is 0 Å². The highest BCUT2D eigenvalue weighted by Gasteiger charge is 2.54. The minimum atomic E-state index is -1.15. The average molecular weight is 305 g/mol. The lowest BCUT2D eigenvalue weighted by molar-refractivity contribution is -0.143. The fourth-order valence-corrected chi connectivity index (χ4v) is 3.38. The van der Waals surface area contributed by atoms with Crippen LogP contribution in [-0.2, 0) is 10.2 Å². The lowest BCUT2D eigenvalue weighted by Gasteiger charge is -2.39. The zero-order valence-electron chi connectivity index (χ0n) is 12.9. The first-order chi connectivity index (χ1) is 10.5. The van der Waals surface area contributed by atoms with Crippen LogP contribution in [0.3, 0.4) is 0 Å². The van der Waals surface area contributed by atoms with E-state index in [2.05, 4.69) is 0 Å². The Morgan fingerprint density at radius 2 is 1.95 bits per heavy atom. The van der Waals surface area contributed by atoms with Gasteiger partial charge in [0.1, 0.15) is 11.4 Å². The molecule has 1 amide bonds. The molecule has 2 fully saturated rings. The maximum atomic E-state index is 12.9. The van der Waals surface area contributed by atoms with E-state index in [0.717, 1.165) is 30.6 Å². The van der Waals surface area contributed by atoms with Crippen LogP contribution in [0.5, 0.6) is 5.75 Å². The highest BCUT2D eigenvalue weighted by molar-refractivity contribution is 5.91. The Kier molecular flexibility index (Phi) is 3.87. The smallest absolute Gasteiger partial charge is 0.233 e. The molecule has 1 aliphatic heterocycles. The van der Waals surface area contributed by atoms with Crippen LogP contribution >= 0.6 is 0 Å². The molecule has 1 aromatic carbocycles. The van der Waals surface area contributed by atoms with Gasteiger partial charge in [0, 0.05) is 6.54 Å². The van der Waals surface area contributed by atoms with Crippen LogP contribution in [0.1, 0.15) is 31.2 Å². The number of ether oxygens (including phenoxy) is 1. The highest BCUT2D eigenvalue weighted by atomic mass is 16.5. The summed E-state index contributed by atoms with van der Waals surface area (Å²) in [6.45, 7) is 0.575. The molecule has 1 heterocycles. The second-order valence-electron chi connectivity index (χ2n) is 6.52. The number of benzene rings is 1. The Morgan fingerprint density at radius 3 is 2.50 bits per heavy atom. The van der Waals surface area contributed by atoms with Crippen molar-refractivity contribution in [3.8, 4) is 5.75 Å². The predicted octanol–water partition coefficient (Wildman–Crippen LogP) is 1.07. The van der Waals surface area contributed by atoms with Crippen molar-refractivity contribution in [2.45, 2.75) is 36.7 Å². The summed E-state index contributed by atoms with van der Waals surface area (Å²) in [4.78, 5) is 14.7. The Hall–Kier alpha value is -1.59. The van der Waals surface area contributed by atoms with Gasteiger partial charge in [-0.25, -0.2) is 0 Å². The molecular formula is C17H23NO4. The maximum absolute atomic E-state index is 12.9. The highest BCUT2D eigenvalue weighted by Crippen LogP contribution is 2.50. The molecule has 1 atom stereocenters. The van der Waals surface area contributed by atoms with E-state index < -0.39 is 11.0 Å². The SMILES string of the molecule is COc1ccc(C2(C(=O)N3CCC[C@@](O)(CO)C3)CC2)cc1. The molecule has 0 aromatic heterocycles. The first kappa shape index (κ1) is 15.3. The van der Waals surface area contributed by atoms with Crippen molar-refractivity contribution in [2.75, 3.05) is 26.8 Å². The molecule has 1 aliphatic carbocycles. The molecule has 5 nitrogen and oxygen atoms in total. The van der Waals surface area contributed by atoms with Gasteiger partial charge < -0.3 is 19.8 Å². The summed E-state index contributed by atoms with van der Waals surface area (Å²) >= 11 is 0. The minimum Gasteiger partial charge on any atom is -0.497 e. The summed E-state index contributed by atoms with van der Waals surface area (Å²) in [5.74, 6) is 0.851. The predicted molar refractivity (Wildman–Crippen MR) is 81.8 cm³/mol. The molecule has 1 saturated carbocycles. The van der Waals surface area contributed by atoms with Crippen molar-refractivity contribution in [1.29, 1.82) is 0 Å². The third-order valence-electron chi connectivity index (χ3n) is 4.94. The number of rotatable bonds is 4. The van der Waals surface area contributed by atoms with Crippen molar-refractivity contribution in [3.05, 3.63) is 29.8 Å². The Bertz CT molecular complexity index is 552. The van der Waals surface area contributed by atoms with E-state index in [4.69, 9.17) is 4.74 Å². The first-order valence-corrected chi connectivity index (χ1v) is 7.80. The van der Waals surface area contributed by atoms with Crippen LogP contribution in [0.15, 0.2) is 24.3 Å². The number of methoxy groups -OCH3 is 1. The van der Waals surface area contributed by atoms with E-state index in [0.29, 0.717) is 13.0 Å². The van der Waals surface area contributed by atoms with E-state index in [9.17, 15) is 15.0 Å². The standard InChI is InChI=1S/C17H23NO4/c1-22-14-5-3-13(4-6-14)17(8-9-17)15(20)18-10-2-7-16(21,11-18)12-19/h3-6,19,21H,2,7-12H2,1H3/t16-/m0/s1. The number of β-amino-alcohol motifs (C(OH)–C–C–N with tert-alkyl or cyclic N) is 1. The zero-order valence-corrected chi connectivity index (χ0v) is 12.9. The normalized spacial score (nSPS) is 26.6. The fourth-order valence-electron chi connectivity index (χ4n) is 3.38. The Morgan fingerprint density at radius 1 is 1.27 bits per heavy atom. The molecule has 0 bridgehead atoms. The van der Waals surface area contributed by atoms with Gasteiger partial charge in [-0.2, -0.15) is 0 Å². The first-order valence-electron chi connectivity index (χ1n) is 7.80. The number of aliphatic hydroxyl groups excluding tert-OH is 1. The molecule has 1 saturated heterocycles. The van der Waals surface area contributed by atoms with Gasteiger partial charge in [-0.3, -0.25) is 4.79 Å². The van der Waals surface area contributed by atoms with Gasteiger partial charge in [-0.15, -0.1) is 0 Å². The number of amides is 1. The van der Waals surface area contributed by atoms with Crippen molar-refractivity contribution >= 4 is 5.91 Å². The molecule has 2 N–H and O–H groups in total. The summed E-state index contributed by atoms with van der Waals surface area (Å²) in [6.07, 6.45) is 2.95. The van der Waals surface area contributed by atoms with E-state index >= 15 is 0 Å². The molecule has 1 aromatic rings. The summed E-state index contributed by atoms with van der Waals surface area (Å²) in [5.41, 5.74) is -0.583. The van der Waals surface area contributed by atoms with E-state index in [1.807, 2.05) is 24.3 Å². The van der Waals surface area contributed by atoms with Crippen molar-refractivity contribution in [1.82, 2.24) is 4.90 Å². The molecule has 5 heteroatoms. The summed E-state index contributed by atoms with van der Waals surface area (Å²) in [7, 11) is 1.62. The van der Waals surface area contributed by atoms with Gasteiger partial charge in [0.2, 0.25) is 5.91 Å². The van der Waals surface area contributed by atoms with Crippen molar-refractivity contribution in [3.63, 3.8) is 0 Å². The number of carbonyl (C=O) groups excluding carboxylic acids is 1. The number of carbonyl (C=O) groups is 1. The van der Waals surface area contributed by atoms with Crippen LogP contribution in [0.4, 0.5) is 0 Å². The number of hydrogen-bond acceptors (Lipinski definition) is 4.